The second-order valence-electron chi connectivity index (χ2n) is 5.99. The van der Waals surface area contributed by atoms with Gasteiger partial charge in [0.05, 0.1) is 4.90 Å². The molecule has 0 amide bonds. The summed E-state index contributed by atoms with van der Waals surface area (Å²) in [6, 6.07) is 11.5. The number of nitrogens with zero attached hydrogens (tertiary/aromatic N) is 1. The van der Waals surface area contributed by atoms with Crippen LogP contribution in [0.2, 0.25) is 0 Å². The van der Waals surface area contributed by atoms with Gasteiger partial charge in [-0.1, -0.05) is 25.1 Å². The van der Waals surface area contributed by atoms with Gasteiger partial charge in [0, 0.05) is 18.7 Å². The van der Waals surface area contributed by atoms with Crippen LogP contribution in [-0.2, 0) is 16.6 Å². The number of ketones is 1. The maximum Gasteiger partial charge on any atom is 0.243 e. The van der Waals surface area contributed by atoms with Crippen molar-refractivity contribution < 1.29 is 22.7 Å². The number of fused-ring (bicyclic) bond motifs is 1. The van der Waals surface area contributed by atoms with Crippen LogP contribution in [0.25, 0.3) is 0 Å². The zero-order valence-electron chi connectivity index (χ0n) is 14.8. The molecule has 0 fully saturated rings. The molecule has 0 aliphatic carbocycles. The molecule has 2 aromatic carbocycles. The third-order valence-electron chi connectivity index (χ3n) is 4.22. The van der Waals surface area contributed by atoms with Crippen molar-refractivity contribution in [1.29, 1.82) is 0 Å². The molecule has 0 unspecified atom stereocenters. The minimum atomic E-state index is -3.66. The van der Waals surface area contributed by atoms with Crippen LogP contribution in [-0.4, -0.2) is 38.3 Å². The van der Waals surface area contributed by atoms with Crippen LogP contribution in [0, 0.1) is 0 Å². The van der Waals surface area contributed by atoms with Crippen LogP contribution in [0.5, 0.6) is 11.5 Å². The van der Waals surface area contributed by atoms with E-state index >= 15 is 0 Å². The highest BCUT2D eigenvalue weighted by Crippen LogP contribution is 2.31. The average molecular weight is 375 g/mol. The second-order valence-corrected chi connectivity index (χ2v) is 7.93. The summed E-state index contributed by atoms with van der Waals surface area (Å²) in [4.78, 5) is 11.5. The van der Waals surface area contributed by atoms with Gasteiger partial charge in [-0.3, -0.25) is 4.79 Å². The summed E-state index contributed by atoms with van der Waals surface area (Å²) in [6.07, 6.45) is 0. The summed E-state index contributed by atoms with van der Waals surface area (Å²) in [5.41, 5.74) is 1.30. The van der Waals surface area contributed by atoms with Crippen LogP contribution in [0.3, 0.4) is 0 Å². The molecule has 0 saturated heterocycles. The zero-order chi connectivity index (χ0) is 18.7. The Morgan fingerprint density at radius 1 is 1.04 bits per heavy atom. The van der Waals surface area contributed by atoms with Gasteiger partial charge >= 0.3 is 0 Å². The Kier molecular flexibility index (Phi) is 5.29. The molecule has 1 aliphatic heterocycles. The topological polar surface area (TPSA) is 72.9 Å². The highest BCUT2D eigenvalue weighted by atomic mass is 32.2. The fourth-order valence-electron chi connectivity index (χ4n) is 2.77. The maximum absolute atomic E-state index is 12.9. The molecule has 3 rings (SSSR count). The Bertz CT molecular complexity index is 906. The number of carbonyl (C=O) groups excluding carboxylic acids is 1. The molecule has 6 nitrogen and oxygen atoms in total. The summed E-state index contributed by atoms with van der Waals surface area (Å²) in [7, 11) is -3.66. The molecule has 0 aromatic heterocycles. The van der Waals surface area contributed by atoms with Crippen molar-refractivity contribution in [3.05, 3.63) is 53.6 Å². The first-order chi connectivity index (χ1) is 12.4. The number of rotatable bonds is 6. The molecule has 0 atom stereocenters. The van der Waals surface area contributed by atoms with E-state index in [1.165, 1.54) is 35.5 Å². The third-order valence-corrected chi connectivity index (χ3v) is 6.15. The van der Waals surface area contributed by atoms with Crippen molar-refractivity contribution in [3.8, 4) is 11.5 Å². The van der Waals surface area contributed by atoms with E-state index in [4.69, 9.17) is 9.47 Å². The van der Waals surface area contributed by atoms with Crippen molar-refractivity contribution in [1.82, 2.24) is 4.31 Å². The van der Waals surface area contributed by atoms with Crippen LogP contribution in [0.4, 0.5) is 0 Å². The van der Waals surface area contributed by atoms with Gasteiger partial charge in [-0.2, -0.15) is 4.31 Å². The van der Waals surface area contributed by atoms with Gasteiger partial charge in [0.2, 0.25) is 10.0 Å². The molecule has 138 valence electrons. The van der Waals surface area contributed by atoms with E-state index in [0.29, 0.717) is 36.8 Å². The molecule has 2 aromatic rings. The van der Waals surface area contributed by atoms with Gasteiger partial charge < -0.3 is 9.47 Å². The number of hydrogen-bond donors (Lipinski definition) is 0. The number of Topliss-reactive ketones (excluding diaryl/α,β-unsaturated/α-hetero) is 1. The first kappa shape index (κ1) is 18.4. The van der Waals surface area contributed by atoms with Crippen molar-refractivity contribution >= 4 is 15.8 Å². The SMILES string of the molecule is CCN(Cc1ccc2c(c1)OCCO2)S(=O)(=O)c1ccc(C(C)=O)cc1. The smallest absolute Gasteiger partial charge is 0.243 e. The fourth-order valence-corrected chi connectivity index (χ4v) is 4.20. The molecular weight excluding hydrogens is 354 g/mol. The van der Waals surface area contributed by atoms with Crippen molar-refractivity contribution in [2.45, 2.75) is 25.3 Å². The van der Waals surface area contributed by atoms with Gasteiger partial charge in [-0.05, 0) is 36.8 Å². The van der Waals surface area contributed by atoms with Gasteiger partial charge in [0.15, 0.2) is 17.3 Å². The number of hydrogen-bond acceptors (Lipinski definition) is 5. The predicted octanol–water partition coefficient (Wildman–Crippen LogP) is 2.87. The summed E-state index contributed by atoms with van der Waals surface area (Å²) >= 11 is 0. The standard InChI is InChI=1S/C19H21NO5S/c1-3-20(13-15-4-9-18-19(12-15)25-11-10-24-18)26(22,23)17-7-5-16(6-8-17)14(2)21/h4-9,12H,3,10-11,13H2,1-2H3. The summed E-state index contributed by atoms with van der Waals surface area (Å²) < 4.78 is 38.3. The lowest BCUT2D eigenvalue weighted by atomic mass is 10.2. The molecular formula is C19H21NO5S. The normalized spacial score (nSPS) is 13.7. The monoisotopic (exact) mass is 375 g/mol. The molecule has 26 heavy (non-hydrogen) atoms. The first-order valence-corrected chi connectivity index (χ1v) is 9.85. The van der Waals surface area contributed by atoms with E-state index < -0.39 is 10.0 Å². The molecule has 7 heteroatoms. The van der Waals surface area contributed by atoms with Crippen LogP contribution < -0.4 is 9.47 Å². The van der Waals surface area contributed by atoms with E-state index in [2.05, 4.69) is 0 Å². The Morgan fingerprint density at radius 3 is 2.31 bits per heavy atom. The lowest BCUT2D eigenvalue weighted by Crippen LogP contribution is -2.30. The minimum absolute atomic E-state index is 0.0995. The highest BCUT2D eigenvalue weighted by Gasteiger charge is 2.24. The molecule has 0 bridgehead atoms. The Balaban J connectivity index is 1.84. The van der Waals surface area contributed by atoms with Crippen molar-refractivity contribution in [2.24, 2.45) is 0 Å². The largest absolute Gasteiger partial charge is 0.486 e. The maximum atomic E-state index is 12.9. The van der Waals surface area contributed by atoms with E-state index in [1.807, 2.05) is 12.1 Å². The highest BCUT2D eigenvalue weighted by molar-refractivity contribution is 7.89. The van der Waals surface area contributed by atoms with E-state index in [1.54, 1.807) is 13.0 Å². The van der Waals surface area contributed by atoms with Crippen molar-refractivity contribution in [3.63, 3.8) is 0 Å². The lowest BCUT2D eigenvalue weighted by molar-refractivity contribution is 0.101. The molecule has 0 N–H and O–H groups in total. The predicted molar refractivity (Wildman–Crippen MR) is 97.1 cm³/mol. The van der Waals surface area contributed by atoms with Gasteiger partial charge in [-0.15, -0.1) is 0 Å². The molecule has 0 spiro atoms. The van der Waals surface area contributed by atoms with E-state index in [-0.39, 0.29) is 17.2 Å². The molecule has 0 saturated carbocycles. The Labute approximate surface area is 153 Å². The van der Waals surface area contributed by atoms with Crippen LogP contribution in [0.15, 0.2) is 47.4 Å². The third kappa shape index (κ3) is 3.73. The number of sulfonamides is 1. The van der Waals surface area contributed by atoms with Gasteiger partial charge in [0.1, 0.15) is 13.2 Å². The number of carbonyl (C=O) groups is 1. The Morgan fingerprint density at radius 2 is 1.69 bits per heavy atom. The minimum Gasteiger partial charge on any atom is -0.486 e. The first-order valence-electron chi connectivity index (χ1n) is 8.41. The van der Waals surface area contributed by atoms with Crippen LogP contribution in [0.1, 0.15) is 29.8 Å². The van der Waals surface area contributed by atoms with Crippen LogP contribution >= 0.6 is 0 Å². The number of benzene rings is 2. The zero-order valence-corrected chi connectivity index (χ0v) is 15.6. The van der Waals surface area contributed by atoms with E-state index in [9.17, 15) is 13.2 Å². The fraction of sp³-hybridized carbons (Fsp3) is 0.316. The molecule has 0 radical (unpaired) electrons. The second kappa shape index (κ2) is 7.47. The molecule has 1 heterocycles. The summed E-state index contributed by atoms with van der Waals surface area (Å²) in [5, 5.41) is 0. The van der Waals surface area contributed by atoms with Crippen molar-refractivity contribution in [2.75, 3.05) is 19.8 Å². The van der Waals surface area contributed by atoms with Gasteiger partial charge in [0.25, 0.3) is 0 Å². The summed E-state index contributed by atoms with van der Waals surface area (Å²) in [6.45, 7) is 4.78. The quantitative estimate of drug-likeness (QED) is 0.726. The molecule has 1 aliphatic rings. The Hall–Kier alpha value is -2.38. The average Bonchev–Trinajstić information content (AvgIpc) is 2.65. The van der Waals surface area contributed by atoms with E-state index in [0.717, 1.165) is 5.56 Å². The number of ether oxygens (including phenoxy) is 2. The van der Waals surface area contributed by atoms with Gasteiger partial charge in [-0.25, -0.2) is 8.42 Å². The summed E-state index contributed by atoms with van der Waals surface area (Å²) in [5.74, 6) is 1.20. The lowest BCUT2D eigenvalue weighted by Gasteiger charge is -2.23.